The van der Waals surface area contributed by atoms with Gasteiger partial charge in [-0.2, -0.15) is 0 Å². The van der Waals surface area contributed by atoms with Gasteiger partial charge in [0, 0.05) is 11.6 Å². The summed E-state index contributed by atoms with van der Waals surface area (Å²) in [6, 6.07) is 12.3. The highest BCUT2D eigenvalue weighted by atomic mass is 16.7. The topological polar surface area (TPSA) is 44.8 Å². The number of hydrogen-bond acceptors (Lipinski definition) is 4. The molecule has 0 saturated heterocycles. The average molecular weight is 242 g/mol. The van der Waals surface area contributed by atoms with E-state index in [9.17, 15) is 4.79 Å². The summed E-state index contributed by atoms with van der Waals surface area (Å²) in [6.07, 6.45) is 0.784. The fourth-order valence-corrected chi connectivity index (χ4v) is 1.73. The highest BCUT2D eigenvalue weighted by Gasteiger charge is 2.13. The van der Waals surface area contributed by atoms with Crippen molar-refractivity contribution in [2.24, 2.45) is 0 Å². The number of hydrogen-bond donors (Lipinski definition) is 0. The summed E-state index contributed by atoms with van der Waals surface area (Å²) in [5.74, 6) is 2.63. The van der Waals surface area contributed by atoms with E-state index in [0.29, 0.717) is 28.6 Å². The molecule has 0 spiro atoms. The summed E-state index contributed by atoms with van der Waals surface area (Å²) < 4.78 is 16.1. The molecule has 0 aromatic heterocycles. The van der Waals surface area contributed by atoms with E-state index in [1.807, 2.05) is 0 Å². The molecule has 18 heavy (non-hydrogen) atoms. The van der Waals surface area contributed by atoms with Crippen molar-refractivity contribution in [2.75, 3.05) is 6.79 Å². The lowest BCUT2D eigenvalue weighted by atomic mass is 10.2. The molecule has 0 bridgehead atoms. The fourth-order valence-electron chi connectivity index (χ4n) is 1.73. The maximum atomic E-state index is 10.7. The van der Waals surface area contributed by atoms with Crippen molar-refractivity contribution in [3.05, 3.63) is 48.0 Å². The minimum Gasteiger partial charge on any atom is -0.457 e. The van der Waals surface area contributed by atoms with Gasteiger partial charge in [0.15, 0.2) is 11.5 Å². The van der Waals surface area contributed by atoms with Crippen LogP contribution in [0.4, 0.5) is 0 Å². The Labute approximate surface area is 104 Å². The predicted molar refractivity (Wildman–Crippen MR) is 64.5 cm³/mol. The zero-order valence-electron chi connectivity index (χ0n) is 9.46. The molecule has 0 radical (unpaired) electrons. The molecule has 0 aliphatic carbocycles. The summed E-state index contributed by atoms with van der Waals surface area (Å²) in [5.41, 5.74) is 0.577. The van der Waals surface area contributed by atoms with Crippen LogP contribution >= 0.6 is 0 Å². The third-order valence-electron chi connectivity index (χ3n) is 2.57. The van der Waals surface area contributed by atoms with E-state index in [0.717, 1.165) is 6.29 Å². The monoisotopic (exact) mass is 242 g/mol. The average Bonchev–Trinajstić information content (AvgIpc) is 2.86. The number of carbonyl (C=O) groups excluding carboxylic acids is 1. The van der Waals surface area contributed by atoms with Gasteiger partial charge < -0.3 is 14.2 Å². The van der Waals surface area contributed by atoms with Crippen molar-refractivity contribution in [3.63, 3.8) is 0 Å². The van der Waals surface area contributed by atoms with Gasteiger partial charge >= 0.3 is 0 Å². The van der Waals surface area contributed by atoms with Crippen molar-refractivity contribution in [2.45, 2.75) is 0 Å². The largest absolute Gasteiger partial charge is 0.457 e. The van der Waals surface area contributed by atoms with Gasteiger partial charge in [0.05, 0.1) is 0 Å². The number of ether oxygens (including phenoxy) is 3. The molecule has 0 saturated carbocycles. The number of fused-ring (bicyclic) bond motifs is 1. The first-order valence-electron chi connectivity index (χ1n) is 5.48. The molecular weight excluding hydrogens is 232 g/mol. The van der Waals surface area contributed by atoms with Gasteiger partial charge in [0.2, 0.25) is 6.79 Å². The molecule has 0 unspecified atom stereocenters. The number of carbonyl (C=O) groups is 1. The Bertz CT molecular complexity index is 592. The van der Waals surface area contributed by atoms with Gasteiger partial charge in [0.1, 0.15) is 17.8 Å². The molecule has 2 aromatic rings. The van der Waals surface area contributed by atoms with Gasteiger partial charge in [-0.1, -0.05) is 12.1 Å². The molecule has 2 aromatic carbocycles. The predicted octanol–water partition coefficient (Wildman–Crippen LogP) is 3.02. The molecule has 1 heterocycles. The Hall–Kier alpha value is -2.49. The smallest absolute Gasteiger partial charge is 0.231 e. The van der Waals surface area contributed by atoms with Gasteiger partial charge in [-0.3, -0.25) is 4.79 Å². The van der Waals surface area contributed by atoms with Crippen LogP contribution in [0, 0.1) is 0 Å². The zero-order valence-corrected chi connectivity index (χ0v) is 9.46. The second-order valence-electron chi connectivity index (χ2n) is 3.81. The van der Waals surface area contributed by atoms with Gasteiger partial charge in [-0.15, -0.1) is 0 Å². The first-order valence-corrected chi connectivity index (χ1v) is 5.48. The molecule has 1 aliphatic rings. The van der Waals surface area contributed by atoms with Crippen molar-refractivity contribution in [1.29, 1.82) is 0 Å². The van der Waals surface area contributed by atoms with Crippen LogP contribution in [0.15, 0.2) is 42.5 Å². The van der Waals surface area contributed by atoms with E-state index in [4.69, 9.17) is 14.2 Å². The van der Waals surface area contributed by atoms with E-state index >= 15 is 0 Å². The molecule has 0 N–H and O–H groups in total. The SMILES string of the molecule is O=Cc1cccc(Oc2ccc3c(c2)OCO3)c1. The maximum absolute atomic E-state index is 10.7. The summed E-state index contributed by atoms with van der Waals surface area (Å²) in [7, 11) is 0. The quantitative estimate of drug-likeness (QED) is 0.776. The maximum Gasteiger partial charge on any atom is 0.231 e. The van der Waals surface area contributed by atoms with Gasteiger partial charge in [0.25, 0.3) is 0 Å². The molecule has 0 fully saturated rings. The molecule has 0 amide bonds. The number of aldehydes is 1. The Morgan fingerprint density at radius 1 is 1.00 bits per heavy atom. The van der Waals surface area contributed by atoms with Gasteiger partial charge in [-0.25, -0.2) is 0 Å². The second-order valence-corrected chi connectivity index (χ2v) is 3.81. The number of benzene rings is 2. The fraction of sp³-hybridized carbons (Fsp3) is 0.0714. The van der Waals surface area contributed by atoms with E-state index in [-0.39, 0.29) is 6.79 Å². The van der Waals surface area contributed by atoms with Crippen molar-refractivity contribution in [3.8, 4) is 23.0 Å². The summed E-state index contributed by atoms with van der Waals surface area (Å²) >= 11 is 0. The van der Waals surface area contributed by atoms with Crippen molar-refractivity contribution in [1.82, 2.24) is 0 Å². The molecular formula is C14H10O4. The lowest BCUT2D eigenvalue weighted by Gasteiger charge is -2.06. The van der Waals surface area contributed by atoms with E-state index in [2.05, 4.69) is 0 Å². The van der Waals surface area contributed by atoms with Crippen LogP contribution in [0.2, 0.25) is 0 Å². The Morgan fingerprint density at radius 2 is 1.83 bits per heavy atom. The highest BCUT2D eigenvalue weighted by Crippen LogP contribution is 2.36. The summed E-state index contributed by atoms with van der Waals surface area (Å²) in [5, 5.41) is 0. The number of rotatable bonds is 3. The Balaban J connectivity index is 1.85. The van der Waals surface area contributed by atoms with Gasteiger partial charge in [-0.05, 0) is 24.3 Å². The van der Waals surface area contributed by atoms with E-state index in [1.165, 1.54) is 0 Å². The first kappa shape index (κ1) is 10.7. The van der Waals surface area contributed by atoms with E-state index in [1.54, 1.807) is 42.5 Å². The van der Waals surface area contributed by atoms with Crippen molar-refractivity contribution >= 4 is 6.29 Å². The van der Waals surface area contributed by atoms with Crippen LogP contribution in [0.1, 0.15) is 10.4 Å². The van der Waals surface area contributed by atoms with Crippen LogP contribution in [0.25, 0.3) is 0 Å². The third-order valence-corrected chi connectivity index (χ3v) is 2.57. The van der Waals surface area contributed by atoms with Crippen LogP contribution in [0.5, 0.6) is 23.0 Å². The minimum absolute atomic E-state index is 0.236. The molecule has 0 atom stereocenters. The summed E-state index contributed by atoms with van der Waals surface area (Å²) in [4.78, 5) is 10.7. The Morgan fingerprint density at radius 3 is 2.72 bits per heavy atom. The third kappa shape index (κ3) is 2.00. The molecule has 1 aliphatic heterocycles. The molecule has 90 valence electrons. The Kier molecular flexibility index (Phi) is 2.61. The molecule has 3 rings (SSSR count). The van der Waals surface area contributed by atoms with Crippen LogP contribution < -0.4 is 14.2 Å². The minimum atomic E-state index is 0.236. The standard InChI is InChI=1S/C14H10O4/c15-8-10-2-1-3-11(6-10)18-12-4-5-13-14(7-12)17-9-16-13/h1-8H,9H2. The van der Waals surface area contributed by atoms with Crippen LogP contribution in [0.3, 0.4) is 0 Å². The zero-order chi connectivity index (χ0) is 12.4. The summed E-state index contributed by atoms with van der Waals surface area (Å²) in [6.45, 7) is 0.236. The van der Waals surface area contributed by atoms with Crippen LogP contribution in [-0.2, 0) is 0 Å². The molecule has 4 heteroatoms. The van der Waals surface area contributed by atoms with E-state index < -0.39 is 0 Å². The van der Waals surface area contributed by atoms with Crippen LogP contribution in [-0.4, -0.2) is 13.1 Å². The lowest BCUT2D eigenvalue weighted by molar-refractivity contribution is 0.112. The van der Waals surface area contributed by atoms with Crippen molar-refractivity contribution < 1.29 is 19.0 Å². The lowest BCUT2D eigenvalue weighted by Crippen LogP contribution is -1.92. The highest BCUT2D eigenvalue weighted by molar-refractivity contribution is 5.75. The normalized spacial score (nSPS) is 12.2. The second kappa shape index (κ2) is 4.41. The molecule has 4 nitrogen and oxygen atoms in total. The first-order chi connectivity index (χ1) is 8.85.